The Morgan fingerprint density at radius 3 is 2.67 bits per heavy atom. The van der Waals surface area contributed by atoms with Crippen LogP contribution in [0.1, 0.15) is 36.3 Å². The molecule has 0 saturated carbocycles. The fraction of sp³-hybridized carbons (Fsp3) is 0.190. The zero-order valence-electron chi connectivity index (χ0n) is 16.6. The molecule has 1 aliphatic rings. The second-order valence-electron chi connectivity index (χ2n) is 6.27. The Morgan fingerprint density at radius 2 is 1.93 bits per heavy atom. The molecule has 0 atom stereocenters. The van der Waals surface area contributed by atoms with Gasteiger partial charge in [0.15, 0.2) is 0 Å². The molecule has 4 rings (SSSR count). The predicted octanol–water partition coefficient (Wildman–Crippen LogP) is 3.28. The van der Waals surface area contributed by atoms with Crippen molar-refractivity contribution in [1.29, 1.82) is 0 Å². The predicted molar refractivity (Wildman–Crippen MR) is 114 cm³/mol. The summed E-state index contributed by atoms with van der Waals surface area (Å²) in [5.41, 5.74) is 1.96. The van der Waals surface area contributed by atoms with E-state index in [1.807, 2.05) is 13.8 Å². The molecule has 0 spiro atoms. The normalized spacial score (nSPS) is 12.8. The highest BCUT2D eigenvalue weighted by Gasteiger charge is 2.21. The fourth-order valence-corrected chi connectivity index (χ4v) is 4.15. The van der Waals surface area contributed by atoms with Crippen molar-refractivity contribution in [3.05, 3.63) is 72.3 Å². The van der Waals surface area contributed by atoms with Gasteiger partial charge in [0.25, 0.3) is 15.9 Å². The Balaban J connectivity index is 0.00000124. The van der Waals surface area contributed by atoms with Gasteiger partial charge in [-0.05, 0) is 42.3 Å². The topological polar surface area (TPSA) is 110 Å². The maximum atomic E-state index is 12.9. The summed E-state index contributed by atoms with van der Waals surface area (Å²) in [5.74, 6) is -0.574. The Kier molecular flexibility index (Phi) is 6.31. The zero-order chi connectivity index (χ0) is 21.7. The van der Waals surface area contributed by atoms with Gasteiger partial charge in [-0.3, -0.25) is 14.6 Å². The monoisotopic (exact) mass is 426 g/mol. The highest BCUT2D eigenvalue weighted by atomic mass is 32.2. The van der Waals surface area contributed by atoms with Crippen LogP contribution in [0.15, 0.2) is 66.0 Å². The third-order valence-corrected chi connectivity index (χ3v) is 6.01. The second kappa shape index (κ2) is 8.91. The highest BCUT2D eigenvalue weighted by molar-refractivity contribution is 7.90. The number of aromatic nitrogens is 2. The van der Waals surface area contributed by atoms with Gasteiger partial charge in [0.05, 0.1) is 10.6 Å². The van der Waals surface area contributed by atoms with Crippen molar-refractivity contribution in [2.45, 2.75) is 31.6 Å². The largest absolute Gasteiger partial charge is 0.326 e. The van der Waals surface area contributed by atoms with Crippen molar-refractivity contribution in [3.8, 4) is 0 Å². The number of anilines is 2. The van der Waals surface area contributed by atoms with Gasteiger partial charge < -0.3 is 10.6 Å². The molecule has 0 radical (unpaired) electrons. The molecule has 0 aliphatic carbocycles. The molecule has 1 aliphatic heterocycles. The van der Waals surface area contributed by atoms with Crippen LogP contribution in [0.3, 0.4) is 0 Å². The van der Waals surface area contributed by atoms with Gasteiger partial charge in [0.1, 0.15) is 5.69 Å². The van der Waals surface area contributed by atoms with E-state index in [0.29, 0.717) is 24.2 Å². The molecule has 30 heavy (non-hydrogen) atoms. The molecule has 9 heteroatoms. The summed E-state index contributed by atoms with van der Waals surface area (Å²) in [5, 5.41) is 5.31. The van der Waals surface area contributed by atoms with Crippen molar-refractivity contribution < 1.29 is 18.0 Å². The van der Waals surface area contributed by atoms with E-state index in [1.165, 1.54) is 36.8 Å². The van der Waals surface area contributed by atoms with Crippen molar-refractivity contribution >= 4 is 33.2 Å². The molecule has 0 unspecified atom stereocenters. The minimum absolute atomic E-state index is 0.0478. The average Bonchev–Trinajstić information content (AvgIpc) is 3.24. The van der Waals surface area contributed by atoms with Crippen molar-refractivity contribution in [1.82, 2.24) is 8.96 Å². The number of benzene rings is 1. The third-order valence-electron chi connectivity index (χ3n) is 4.37. The molecule has 2 aromatic heterocycles. The molecule has 0 fully saturated rings. The molecule has 0 saturated heterocycles. The number of rotatable bonds is 4. The maximum absolute atomic E-state index is 12.9. The number of amides is 2. The summed E-state index contributed by atoms with van der Waals surface area (Å²) in [4.78, 5) is 27.7. The van der Waals surface area contributed by atoms with Crippen LogP contribution in [0.5, 0.6) is 0 Å². The lowest BCUT2D eigenvalue weighted by atomic mass is 10.0. The van der Waals surface area contributed by atoms with Gasteiger partial charge in [-0.1, -0.05) is 26.0 Å². The van der Waals surface area contributed by atoms with Crippen LogP contribution in [-0.2, 0) is 21.2 Å². The van der Waals surface area contributed by atoms with Crippen LogP contribution in [0.4, 0.5) is 11.4 Å². The minimum atomic E-state index is -3.87. The highest BCUT2D eigenvalue weighted by Crippen LogP contribution is 2.27. The summed E-state index contributed by atoms with van der Waals surface area (Å²) >= 11 is 0. The summed E-state index contributed by atoms with van der Waals surface area (Å²) in [7, 11) is -3.87. The number of nitrogens with zero attached hydrogens (tertiary/aromatic N) is 2. The Morgan fingerprint density at radius 1 is 1.13 bits per heavy atom. The van der Waals surface area contributed by atoms with Crippen molar-refractivity contribution in [3.63, 3.8) is 0 Å². The van der Waals surface area contributed by atoms with Crippen molar-refractivity contribution in [2.24, 2.45) is 0 Å². The molecule has 0 bridgehead atoms. The zero-order valence-corrected chi connectivity index (χ0v) is 17.4. The first-order valence-corrected chi connectivity index (χ1v) is 11.0. The molecular weight excluding hydrogens is 404 g/mol. The molecule has 156 valence electrons. The fourth-order valence-electron chi connectivity index (χ4n) is 2.93. The van der Waals surface area contributed by atoms with Crippen LogP contribution in [0.2, 0.25) is 0 Å². The van der Waals surface area contributed by atoms with E-state index in [2.05, 4.69) is 15.6 Å². The van der Waals surface area contributed by atoms with Gasteiger partial charge in [0, 0.05) is 30.7 Å². The lowest BCUT2D eigenvalue weighted by molar-refractivity contribution is -0.116. The lowest BCUT2D eigenvalue weighted by Crippen LogP contribution is -2.20. The standard InChI is InChI=1S/C19H16N4O4S.C2H6/c24-18-7-5-13-4-6-15(11-17(13)22-18)28(26,27)23-10-8-14(12-23)21-19(25)16-3-1-2-9-20-16;1-2/h1-4,6,8-12H,5,7H2,(H,21,25)(H,22,24);1-2H3. The van der Waals surface area contributed by atoms with Gasteiger partial charge >= 0.3 is 0 Å². The van der Waals surface area contributed by atoms with E-state index in [0.717, 1.165) is 9.54 Å². The van der Waals surface area contributed by atoms with E-state index in [4.69, 9.17) is 0 Å². The Hall–Kier alpha value is -3.46. The Labute approximate surface area is 175 Å². The number of pyridine rings is 1. The smallest absolute Gasteiger partial charge is 0.274 e. The average molecular weight is 426 g/mol. The number of nitrogens with one attached hydrogen (secondary N) is 2. The van der Waals surface area contributed by atoms with E-state index in [9.17, 15) is 18.0 Å². The first-order valence-electron chi connectivity index (χ1n) is 9.52. The molecule has 3 aromatic rings. The first-order chi connectivity index (χ1) is 14.4. The van der Waals surface area contributed by atoms with E-state index >= 15 is 0 Å². The molecule has 2 N–H and O–H groups in total. The molecule has 3 heterocycles. The number of fused-ring (bicyclic) bond motifs is 1. The van der Waals surface area contributed by atoms with Crippen molar-refractivity contribution in [2.75, 3.05) is 10.6 Å². The van der Waals surface area contributed by atoms with E-state index < -0.39 is 15.9 Å². The van der Waals surface area contributed by atoms with Gasteiger partial charge in [-0.2, -0.15) is 0 Å². The summed E-state index contributed by atoms with van der Waals surface area (Å²) in [6.45, 7) is 4.00. The molecule has 8 nitrogen and oxygen atoms in total. The minimum Gasteiger partial charge on any atom is -0.326 e. The molecule has 1 aromatic carbocycles. The van der Waals surface area contributed by atoms with Crippen LogP contribution in [0, 0.1) is 0 Å². The van der Waals surface area contributed by atoms with Gasteiger partial charge in [-0.25, -0.2) is 12.4 Å². The number of hydrogen-bond acceptors (Lipinski definition) is 5. The Bertz CT molecular complexity index is 1170. The lowest BCUT2D eigenvalue weighted by Gasteiger charge is -2.17. The van der Waals surface area contributed by atoms with Crippen LogP contribution < -0.4 is 10.6 Å². The van der Waals surface area contributed by atoms with Gasteiger partial charge in [-0.15, -0.1) is 0 Å². The van der Waals surface area contributed by atoms with Crippen LogP contribution in [0.25, 0.3) is 0 Å². The number of hydrogen-bond donors (Lipinski definition) is 2. The summed E-state index contributed by atoms with van der Waals surface area (Å²) < 4.78 is 26.8. The second-order valence-corrected chi connectivity index (χ2v) is 8.11. The number of aryl methyl sites for hydroxylation is 1. The maximum Gasteiger partial charge on any atom is 0.274 e. The SMILES string of the molecule is CC.O=C1CCc2ccc(S(=O)(=O)n3ccc(NC(=O)c4ccccn4)c3)cc2N1. The summed E-state index contributed by atoms with van der Waals surface area (Å²) in [6.07, 6.45) is 5.12. The van der Waals surface area contributed by atoms with Crippen LogP contribution >= 0.6 is 0 Å². The molecule has 2 amide bonds. The quantitative estimate of drug-likeness (QED) is 0.665. The molecular formula is C21H22N4O4S. The van der Waals surface area contributed by atoms with E-state index in [-0.39, 0.29) is 16.5 Å². The van der Waals surface area contributed by atoms with Crippen LogP contribution in [-0.4, -0.2) is 29.2 Å². The van der Waals surface area contributed by atoms with Gasteiger partial charge in [0.2, 0.25) is 5.91 Å². The number of carbonyl (C=O) groups is 2. The van der Waals surface area contributed by atoms with E-state index in [1.54, 1.807) is 24.3 Å². The number of carbonyl (C=O) groups excluding carboxylic acids is 2. The summed E-state index contributed by atoms with van der Waals surface area (Å²) in [6, 6.07) is 11.1. The first kappa shape index (κ1) is 21.3. The third kappa shape index (κ3) is 4.41.